The first-order valence-electron chi connectivity index (χ1n) is 8.54. The molecule has 5 nitrogen and oxygen atoms in total. The molecule has 1 atom stereocenters. The zero-order chi connectivity index (χ0) is 17.3. The Balaban J connectivity index is 1.58. The van der Waals surface area contributed by atoms with Gasteiger partial charge in [0.05, 0.1) is 5.69 Å². The van der Waals surface area contributed by atoms with Gasteiger partial charge in [-0.3, -0.25) is 9.48 Å². The van der Waals surface area contributed by atoms with Crippen LogP contribution in [0.25, 0.3) is 0 Å². The number of carbonyl (C=O) groups excluding carboxylic acids is 1. The third-order valence-corrected chi connectivity index (χ3v) is 4.99. The molecule has 0 saturated heterocycles. The summed E-state index contributed by atoms with van der Waals surface area (Å²) in [4.78, 5) is 12.4. The van der Waals surface area contributed by atoms with Crippen molar-refractivity contribution in [1.82, 2.24) is 20.4 Å². The number of fused-ring (bicyclic) bond motifs is 1. The Bertz CT molecular complexity index is 763. The Hall–Kier alpha value is -2.14. The topological polar surface area (TPSA) is 59.0 Å². The number of benzene rings is 1. The molecule has 1 unspecified atom stereocenters. The second-order valence-corrected chi connectivity index (χ2v) is 6.80. The molecule has 1 aromatic carbocycles. The van der Waals surface area contributed by atoms with Crippen LogP contribution in [-0.4, -0.2) is 15.7 Å². The number of rotatable bonds is 5. The maximum absolute atomic E-state index is 12.4. The van der Waals surface area contributed by atoms with E-state index in [9.17, 15) is 4.79 Å². The van der Waals surface area contributed by atoms with E-state index in [0.29, 0.717) is 6.54 Å². The van der Waals surface area contributed by atoms with Crippen molar-refractivity contribution in [2.45, 2.75) is 46.8 Å². The van der Waals surface area contributed by atoms with E-state index in [0.717, 1.165) is 36.5 Å². The highest BCUT2D eigenvalue weighted by Gasteiger charge is 2.18. The molecule has 0 radical (unpaired) electrons. The third-order valence-electron chi connectivity index (χ3n) is 4.99. The molecule has 0 saturated carbocycles. The van der Waals surface area contributed by atoms with Crippen LogP contribution in [0, 0.1) is 19.8 Å². The van der Waals surface area contributed by atoms with E-state index in [2.05, 4.69) is 40.9 Å². The smallest absolute Gasteiger partial charge is 0.223 e. The van der Waals surface area contributed by atoms with E-state index in [1.54, 1.807) is 0 Å². The van der Waals surface area contributed by atoms with Crippen LogP contribution >= 0.6 is 0 Å². The molecule has 5 heteroatoms. The molecule has 0 aliphatic carbocycles. The summed E-state index contributed by atoms with van der Waals surface area (Å²) in [6.07, 6.45) is 0.728. The lowest BCUT2D eigenvalue weighted by atomic mass is 9.98. The molecule has 2 N–H and O–H groups in total. The van der Waals surface area contributed by atoms with Crippen molar-refractivity contribution in [1.29, 1.82) is 0 Å². The lowest BCUT2D eigenvalue weighted by Gasteiger charge is -2.13. The van der Waals surface area contributed by atoms with Crippen molar-refractivity contribution in [3.63, 3.8) is 0 Å². The van der Waals surface area contributed by atoms with Gasteiger partial charge in [-0.05, 0) is 42.5 Å². The van der Waals surface area contributed by atoms with Crippen molar-refractivity contribution in [2.75, 3.05) is 0 Å². The standard InChI is InChI=1S/C19H26N4O/c1-12(7-18-13(2)22-23(4)14(18)3)19(24)21-9-15-5-6-16-10-20-11-17(16)8-15/h5-6,8,12,20H,7,9-11H2,1-4H3,(H,21,24). The first-order chi connectivity index (χ1) is 11.5. The third kappa shape index (κ3) is 3.36. The molecule has 1 aliphatic rings. The van der Waals surface area contributed by atoms with Gasteiger partial charge >= 0.3 is 0 Å². The first kappa shape index (κ1) is 16.7. The second kappa shape index (κ2) is 6.77. The van der Waals surface area contributed by atoms with Gasteiger partial charge in [-0.15, -0.1) is 0 Å². The number of hydrogen-bond acceptors (Lipinski definition) is 3. The number of nitrogens with one attached hydrogen (secondary N) is 2. The SMILES string of the molecule is Cc1nn(C)c(C)c1CC(C)C(=O)NCc1ccc2c(c1)CNC2. The molecular weight excluding hydrogens is 300 g/mol. The van der Waals surface area contributed by atoms with Crippen LogP contribution in [0.15, 0.2) is 18.2 Å². The van der Waals surface area contributed by atoms with E-state index in [1.807, 2.05) is 25.6 Å². The fourth-order valence-electron chi connectivity index (χ4n) is 3.33. The molecule has 2 aromatic rings. The Morgan fingerprint density at radius 2 is 2.08 bits per heavy atom. The molecule has 0 spiro atoms. The number of carbonyl (C=O) groups is 1. The van der Waals surface area contributed by atoms with Crippen LogP contribution < -0.4 is 10.6 Å². The Morgan fingerprint density at radius 1 is 1.33 bits per heavy atom. The maximum atomic E-state index is 12.4. The van der Waals surface area contributed by atoms with Gasteiger partial charge in [0.15, 0.2) is 0 Å². The number of aryl methyl sites for hydroxylation is 2. The van der Waals surface area contributed by atoms with E-state index >= 15 is 0 Å². The summed E-state index contributed by atoms with van der Waals surface area (Å²) in [5, 5.41) is 10.8. The number of aromatic nitrogens is 2. The molecule has 1 amide bonds. The van der Waals surface area contributed by atoms with Crippen LogP contribution in [0.5, 0.6) is 0 Å². The van der Waals surface area contributed by atoms with Gasteiger partial charge < -0.3 is 10.6 Å². The van der Waals surface area contributed by atoms with E-state index in [-0.39, 0.29) is 11.8 Å². The van der Waals surface area contributed by atoms with Crippen molar-refractivity contribution >= 4 is 5.91 Å². The quantitative estimate of drug-likeness (QED) is 0.885. The minimum Gasteiger partial charge on any atom is -0.352 e. The average molecular weight is 326 g/mol. The molecule has 1 aliphatic heterocycles. The van der Waals surface area contributed by atoms with Crippen LogP contribution in [0.2, 0.25) is 0 Å². The van der Waals surface area contributed by atoms with Crippen LogP contribution in [0.4, 0.5) is 0 Å². The molecule has 0 fully saturated rings. The normalized spacial score (nSPS) is 14.5. The number of nitrogens with zero attached hydrogens (tertiary/aromatic N) is 2. The summed E-state index contributed by atoms with van der Waals surface area (Å²) in [5.74, 6) is 0.0268. The van der Waals surface area contributed by atoms with Gasteiger partial charge in [-0.2, -0.15) is 5.10 Å². The van der Waals surface area contributed by atoms with Crippen molar-refractivity contribution in [3.05, 3.63) is 51.8 Å². The lowest BCUT2D eigenvalue weighted by Crippen LogP contribution is -2.30. The molecule has 0 bridgehead atoms. The van der Waals surface area contributed by atoms with E-state index < -0.39 is 0 Å². The minimum atomic E-state index is -0.0670. The van der Waals surface area contributed by atoms with Crippen molar-refractivity contribution in [3.8, 4) is 0 Å². The zero-order valence-corrected chi connectivity index (χ0v) is 14.9. The number of hydrogen-bond donors (Lipinski definition) is 2. The zero-order valence-electron chi connectivity index (χ0n) is 14.9. The Kier molecular flexibility index (Phi) is 4.71. The van der Waals surface area contributed by atoms with Gasteiger partial charge in [-0.25, -0.2) is 0 Å². The average Bonchev–Trinajstić information content (AvgIpc) is 3.12. The van der Waals surface area contributed by atoms with E-state index in [4.69, 9.17) is 0 Å². The van der Waals surface area contributed by atoms with E-state index in [1.165, 1.54) is 16.7 Å². The monoisotopic (exact) mass is 326 g/mol. The second-order valence-electron chi connectivity index (χ2n) is 6.80. The van der Waals surface area contributed by atoms with Crippen LogP contribution in [0.3, 0.4) is 0 Å². The highest BCUT2D eigenvalue weighted by Crippen LogP contribution is 2.18. The van der Waals surface area contributed by atoms with Gasteiger partial charge in [0, 0.05) is 38.3 Å². The summed E-state index contributed by atoms with van der Waals surface area (Å²) in [6.45, 7) is 8.50. The minimum absolute atomic E-state index is 0.0670. The van der Waals surface area contributed by atoms with Gasteiger partial charge in [0.1, 0.15) is 0 Å². The Morgan fingerprint density at radius 3 is 2.79 bits per heavy atom. The molecular formula is C19H26N4O. The molecule has 128 valence electrons. The summed E-state index contributed by atoms with van der Waals surface area (Å²) < 4.78 is 1.88. The predicted octanol–water partition coefficient (Wildman–Crippen LogP) is 2.14. The predicted molar refractivity (Wildman–Crippen MR) is 94.4 cm³/mol. The molecule has 24 heavy (non-hydrogen) atoms. The van der Waals surface area contributed by atoms with Crippen molar-refractivity contribution < 1.29 is 4.79 Å². The summed E-state index contributed by atoms with van der Waals surface area (Å²) in [5.41, 5.74) is 7.20. The van der Waals surface area contributed by atoms with Gasteiger partial charge in [-0.1, -0.05) is 25.1 Å². The molecule has 1 aromatic heterocycles. The fraction of sp³-hybridized carbons (Fsp3) is 0.474. The maximum Gasteiger partial charge on any atom is 0.223 e. The molecule has 3 rings (SSSR count). The summed E-state index contributed by atoms with van der Waals surface area (Å²) in [6, 6.07) is 6.45. The van der Waals surface area contributed by atoms with Crippen molar-refractivity contribution in [2.24, 2.45) is 13.0 Å². The van der Waals surface area contributed by atoms with Gasteiger partial charge in [0.25, 0.3) is 0 Å². The molecule has 2 heterocycles. The van der Waals surface area contributed by atoms with Gasteiger partial charge in [0.2, 0.25) is 5.91 Å². The first-order valence-corrected chi connectivity index (χ1v) is 8.54. The fourth-order valence-corrected chi connectivity index (χ4v) is 3.33. The Labute approximate surface area is 143 Å². The highest BCUT2D eigenvalue weighted by atomic mass is 16.1. The summed E-state index contributed by atoms with van der Waals surface area (Å²) >= 11 is 0. The highest BCUT2D eigenvalue weighted by molar-refractivity contribution is 5.78. The van der Waals surface area contributed by atoms with Crippen LogP contribution in [0.1, 0.15) is 40.6 Å². The lowest BCUT2D eigenvalue weighted by molar-refractivity contribution is -0.124. The largest absolute Gasteiger partial charge is 0.352 e. The van der Waals surface area contributed by atoms with Crippen LogP contribution in [-0.2, 0) is 37.9 Å². The summed E-state index contributed by atoms with van der Waals surface area (Å²) in [7, 11) is 1.94. The number of amides is 1.